The first-order valence-electron chi connectivity index (χ1n) is 5.97. The van der Waals surface area contributed by atoms with Gasteiger partial charge in [-0.25, -0.2) is 13.2 Å². The van der Waals surface area contributed by atoms with Crippen molar-refractivity contribution in [1.82, 2.24) is 0 Å². The average Bonchev–Trinajstić information content (AvgIpc) is 2.34. The van der Waals surface area contributed by atoms with Crippen molar-refractivity contribution in [3.63, 3.8) is 0 Å². The molecule has 6 heteroatoms. The maximum Gasteiger partial charge on any atom is 0.335 e. The number of rotatable bonds is 7. The molecule has 0 bridgehead atoms. The van der Waals surface area contributed by atoms with Crippen LogP contribution in [0.2, 0.25) is 0 Å². The van der Waals surface area contributed by atoms with E-state index in [1.165, 1.54) is 24.3 Å². The number of aromatic carboxylic acids is 1. The predicted octanol–water partition coefficient (Wildman–Crippen LogP) is 2.55. The second kappa shape index (κ2) is 6.96. The minimum absolute atomic E-state index is 0.00379. The number of benzene rings is 1. The summed E-state index contributed by atoms with van der Waals surface area (Å²) in [6, 6.07) is 5.49. The molecule has 0 unspecified atom stereocenters. The maximum absolute atomic E-state index is 12.0. The Hall–Kier alpha value is -1.01. The third-order valence-electron chi connectivity index (χ3n) is 2.39. The second-order valence-electron chi connectivity index (χ2n) is 4.62. The van der Waals surface area contributed by atoms with Crippen LogP contribution in [0.5, 0.6) is 0 Å². The molecule has 0 amide bonds. The highest BCUT2D eigenvalue weighted by Gasteiger charge is 2.16. The monoisotopic (exact) mass is 302 g/mol. The Bertz CT molecular complexity index is 535. The van der Waals surface area contributed by atoms with Gasteiger partial charge in [-0.15, -0.1) is 0 Å². The summed E-state index contributed by atoms with van der Waals surface area (Å²) in [6.45, 7) is 4.16. The van der Waals surface area contributed by atoms with Crippen LogP contribution < -0.4 is 0 Å². The minimum Gasteiger partial charge on any atom is -0.478 e. The Morgan fingerprint density at radius 1 is 1.37 bits per heavy atom. The fourth-order valence-electron chi connectivity index (χ4n) is 1.43. The number of hydrogen-bond acceptors (Lipinski definition) is 4. The summed E-state index contributed by atoms with van der Waals surface area (Å²) < 4.78 is 24.1. The van der Waals surface area contributed by atoms with Gasteiger partial charge >= 0.3 is 5.97 Å². The van der Waals surface area contributed by atoms with Gasteiger partial charge in [-0.05, 0) is 29.9 Å². The molecule has 1 rings (SSSR count). The molecule has 0 saturated carbocycles. The highest BCUT2D eigenvalue weighted by Crippen LogP contribution is 2.16. The average molecular weight is 302 g/mol. The third-order valence-corrected chi connectivity index (χ3v) is 5.76. The Morgan fingerprint density at radius 2 is 2.05 bits per heavy atom. The zero-order chi connectivity index (χ0) is 14.5. The van der Waals surface area contributed by atoms with Gasteiger partial charge in [0.15, 0.2) is 9.84 Å². The fourth-order valence-corrected chi connectivity index (χ4v) is 4.24. The molecule has 0 saturated heterocycles. The summed E-state index contributed by atoms with van der Waals surface area (Å²) in [5, 5.41) is 8.85. The molecule has 4 nitrogen and oxygen atoms in total. The summed E-state index contributed by atoms with van der Waals surface area (Å²) >= 11 is 1.60. The first-order valence-corrected chi connectivity index (χ1v) is 8.77. The lowest BCUT2D eigenvalue weighted by Gasteiger charge is -2.06. The normalized spacial score (nSPS) is 11.7. The number of hydrogen-bond donors (Lipinski definition) is 1. The van der Waals surface area contributed by atoms with Crippen LogP contribution in [0.15, 0.2) is 29.2 Å². The predicted molar refractivity (Wildman–Crippen MR) is 77.6 cm³/mol. The molecule has 0 aliphatic heterocycles. The van der Waals surface area contributed by atoms with Crippen molar-refractivity contribution in [2.45, 2.75) is 18.7 Å². The molecule has 0 aromatic heterocycles. The van der Waals surface area contributed by atoms with E-state index in [9.17, 15) is 13.2 Å². The van der Waals surface area contributed by atoms with Gasteiger partial charge in [0.05, 0.1) is 16.2 Å². The van der Waals surface area contributed by atoms with E-state index in [2.05, 4.69) is 13.8 Å². The van der Waals surface area contributed by atoms with Gasteiger partial charge in [-0.2, -0.15) is 11.8 Å². The fraction of sp³-hybridized carbons (Fsp3) is 0.462. The number of thioether (sulfide) groups is 1. The molecule has 106 valence electrons. The van der Waals surface area contributed by atoms with Crippen molar-refractivity contribution >= 4 is 27.6 Å². The van der Waals surface area contributed by atoms with Crippen LogP contribution in [-0.4, -0.2) is 36.8 Å². The van der Waals surface area contributed by atoms with Gasteiger partial charge in [-0.3, -0.25) is 0 Å². The Balaban J connectivity index is 2.72. The number of sulfone groups is 1. The van der Waals surface area contributed by atoms with Crippen molar-refractivity contribution in [2.24, 2.45) is 5.92 Å². The van der Waals surface area contributed by atoms with Gasteiger partial charge in [0, 0.05) is 5.75 Å². The number of carboxylic acid groups (broad SMARTS) is 1. The molecule has 0 aliphatic carbocycles. The van der Waals surface area contributed by atoms with E-state index >= 15 is 0 Å². The van der Waals surface area contributed by atoms with Crippen LogP contribution in [-0.2, 0) is 9.84 Å². The highest BCUT2D eigenvalue weighted by molar-refractivity contribution is 8.00. The molecule has 0 spiro atoms. The molecular weight excluding hydrogens is 284 g/mol. The third kappa shape index (κ3) is 5.24. The van der Waals surface area contributed by atoms with E-state index < -0.39 is 15.8 Å². The van der Waals surface area contributed by atoms with Crippen LogP contribution >= 0.6 is 11.8 Å². The van der Waals surface area contributed by atoms with Gasteiger partial charge in [0.2, 0.25) is 0 Å². The van der Waals surface area contributed by atoms with Crippen molar-refractivity contribution in [3.8, 4) is 0 Å². The van der Waals surface area contributed by atoms with E-state index in [0.717, 1.165) is 5.75 Å². The Labute approximate surface area is 118 Å². The molecular formula is C13H18O4S2. The summed E-state index contributed by atoms with van der Waals surface area (Å²) in [6.07, 6.45) is 0. The molecule has 1 aromatic carbocycles. The topological polar surface area (TPSA) is 71.4 Å². The van der Waals surface area contributed by atoms with Gasteiger partial charge in [0.1, 0.15) is 0 Å². The van der Waals surface area contributed by atoms with Crippen molar-refractivity contribution < 1.29 is 18.3 Å². The minimum atomic E-state index is -3.40. The number of carboxylic acids is 1. The van der Waals surface area contributed by atoms with Crippen molar-refractivity contribution in [3.05, 3.63) is 29.8 Å². The maximum atomic E-state index is 12.0. The molecule has 0 heterocycles. The molecule has 0 fully saturated rings. The summed E-state index contributed by atoms with van der Waals surface area (Å²) in [5.41, 5.74) is -0.00379. The summed E-state index contributed by atoms with van der Waals surface area (Å²) in [5.74, 6) is 0.893. The highest BCUT2D eigenvalue weighted by atomic mass is 32.2. The van der Waals surface area contributed by atoms with Crippen LogP contribution in [0.4, 0.5) is 0 Å². The zero-order valence-electron chi connectivity index (χ0n) is 11.0. The molecule has 0 aliphatic rings. The van der Waals surface area contributed by atoms with Gasteiger partial charge in [0.25, 0.3) is 0 Å². The summed E-state index contributed by atoms with van der Waals surface area (Å²) in [4.78, 5) is 10.9. The first kappa shape index (κ1) is 16.0. The largest absolute Gasteiger partial charge is 0.478 e. The van der Waals surface area contributed by atoms with Crippen LogP contribution in [0, 0.1) is 5.92 Å². The second-order valence-corrected chi connectivity index (χ2v) is 7.88. The first-order chi connectivity index (χ1) is 8.83. The molecule has 0 atom stereocenters. The van der Waals surface area contributed by atoms with Crippen molar-refractivity contribution in [1.29, 1.82) is 0 Å². The molecule has 1 N–H and O–H groups in total. The SMILES string of the molecule is CC(C)CSCCS(=O)(=O)c1cccc(C(=O)O)c1. The Kier molecular flexibility index (Phi) is 5.87. The lowest BCUT2D eigenvalue weighted by molar-refractivity contribution is 0.0696. The standard InChI is InChI=1S/C13H18O4S2/c1-10(2)9-18-6-7-19(16,17)12-5-3-4-11(8-12)13(14)15/h3-5,8,10H,6-7,9H2,1-2H3,(H,14,15). The van der Waals surface area contributed by atoms with E-state index in [1.54, 1.807) is 11.8 Å². The summed E-state index contributed by atoms with van der Waals surface area (Å²) in [7, 11) is -3.40. The van der Waals surface area contributed by atoms with Crippen LogP contribution in [0.3, 0.4) is 0 Å². The van der Waals surface area contributed by atoms with E-state index in [1.807, 2.05) is 0 Å². The van der Waals surface area contributed by atoms with Crippen molar-refractivity contribution in [2.75, 3.05) is 17.3 Å². The quantitative estimate of drug-likeness (QED) is 0.784. The van der Waals surface area contributed by atoms with E-state index in [0.29, 0.717) is 11.7 Å². The zero-order valence-corrected chi connectivity index (χ0v) is 12.6. The van der Waals surface area contributed by atoms with Gasteiger partial charge in [-0.1, -0.05) is 19.9 Å². The molecule has 1 aromatic rings. The molecule has 0 radical (unpaired) electrons. The molecule has 19 heavy (non-hydrogen) atoms. The number of carbonyl (C=O) groups is 1. The van der Waals surface area contributed by atoms with E-state index in [-0.39, 0.29) is 16.2 Å². The lowest BCUT2D eigenvalue weighted by atomic mass is 10.2. The van der Waals surface area contributed by atoms with Crippen LogP contribution in [0.25, 0.3) is 0 Å². The van der Waals surface area contributed by atoms with Crippen LogP contribution in [0.1, 0.15) is 24.2 Å². The van der Waals surface area contributed by atoms with Gasteiger partial charge < -0.3 is 5.11 Å². The lowest BCUT2D eigenvalue weighted by Crippen LogP contribution is -2.10. The Morgan fingerprint density at radius 3 is 2.63 bits per heavy atom. The smallest absolute Gasteiger partial charge is 0.335 e. The van der Waals surface area contributed by atoms with E-state index in [4.69, 9.17) is 5.11 Å².